The second-order valence-corrected chi connectivity index (χ2v) is 7.18. The normalized spacial score (nSPS) is 17.6. The maximum atomic E-state index is 12.6. The van der Waals surface area contributed by atoms with Gasteiger partial charge in [0.15, 0.2) is 5.82 Å². The average Bonchev–Trinajstić information content (AvgIpc) is 3.34. The molecule has 3 aromatic heterocycles. The largest absolute Gasteiger partial charge is 0.343 e. The van der Waals surface area contributed by atoms with Gasteiger partial charge in [-0.2, -0.15) is 0 Å². The van der Waals surface area contributed by atoms with Crippen molar-refractivity contribution in [1.82, 2.24) is 24.8 Å². The Kier molecular flexibility index (Phi) is 4.31. The van der Waals surface area contributed by atoms with E-state index in [4.69, 9.17) is 0 Å². The number of carbonyl (C=O) groups is 1. The highest BCUT2D eigenvalue weighted by Gasteiger charge is 2.27. The average molecular weight is 353 g/mol. The molecule has 1 amide bonds. The Morgan fingerprint density at radius 2 is 2.32 bits per heavy atom. The summed E-state index contributed by atoms with van der Waals surface area (Å²) in [5, 5.41) is 1.94. The molecule has 1 atom stereocenters. The summed E-state index contributed by atoms with van der Waals surface area (Å²) < 4.78 is 0. The molecule has 1 unspecified atom stereocenters. The number of rotatable bonds is 3. The SMILES string of the molecule is Cc1nc(-c2ncc[nH]2)cc(C2CCCN(C(=O)c3cccs3)C2)n1. The molecule has 7 heteroatoms. The monoisotopic (exact) mass is 353 g/mol. The van der Waals surface area contributed by atoms with Gasteiger partial charge in [-0.25, -0.2) is 15.0 Å². The summed E-state index contributed by atoms with van der Waals surface area (Å²) in [5.41, 5.74) is 1.79. The lowest BCUT2D eigenvalue weighted by molar-refractivity contribution is 0.0711. The van der Waals surface area contributed by atoms with Crippen LogP contribution in [0.4, 0.5) is 0 Å². The van der Waals surface area contributed by atoms with E-state index in [9.17, 15) is 4.79 Å². The summed E-state index contributed by atoms with van der Waals surface area (Å²) in [5.74, 6) is 1.82. The van der Waals surface area contributed by atoms with Crippen LogP contribution in [0.3, 0.4) is 0 Å². The van der Waals surface area contributed by atoms with Gasteiger partial charge in [0.25, 0.3) is 5.91 Å². The number of likely N-dealkylation sites (tertiary alicyclic amines) is 1. The predicted molar refractivity (Wildman–Crippen MR) is 96.5 cm³/mol. The molecule has 25 heavy (non-hydrogen) atoms. The van der Waals surface area contributed by atoms with Gasteiger partial charge >= 0.3 is 0 Å². The molecule has 1 N–H and O–H groups in total. The minimum absolute atomic E-state index is 0.122. The summed E-state index contributed by atoms with van der Waals surface area (Å²) >= 11 is 1.50. The van der Waals surface area contributed by atoms with Gasteiger partial charge in [-0.05, 0) is 37.3 Å². The van der Waals surface area contributed by atoms with Crippen LogP contribution in [0.5, 0.6) is 0 Å². The topological polar surface area (TPSA) is 74.8 Å². The maximum absolute atomic E-state index is 12.6. The molecule has 0 aromatic carbocycles. The van der Waals surface area contributed by atoms with Crippen LogP contribution in [-0.2, 0) is 0 Å². The van der Waals surface area contributed by atoms with Crippen LogP contribution in [0, 0.1) is 6.92 Å². The smallest absolute Gasteiger partial charge is 0.263 e. The molecule has 6 nitrogen and oxygen atoms in total. The van der Waals surface area contributed by atoms with Crippen molar-refractivity contribution < 1.29 is 4.79 Å². The van der Waals surface area contributed by atoms with E-state index in [0.717, 1.165) is 47.3 Å². The van der Waals surface area contributed by atoms with Gasteiger partial charge in [-0.15, -0.1) is 11.3 Å². The van der Waals surface area contributed by atoms with Crippen LogP contribution < -0.4 is 0 Å². The second kappa shape index (κ2) is 6.76. The lowest BCUT2D eigenvalue weighted by Crippen LogP contribution is -2.39. The first-order valence-electron chi connectivity index (χ1n) is 8.39. The summed E-state index contributed by atoms with van der Waals surface area (Å²) in [4.78, 5) is 31.9. The number of thiophene rings is 1. The number of hydrogen-bond acceptors (Lipinski definition) is 5. The number of nitrogens with zero attached hydrogens (tertiary/aromatic N) is 4. The highest BCUT2D eigenvalue weighted by atomic mass is 32.1. The van der Waals surface area contributed by atoms with Crippen LogP contribution in [0.15, 0.2) is 36.0 Å². The van der Waals surface area contributed by atoms with Crippen molar-refractivity contribution in [3.8, 4) is 11.5 Å². The van der Waals surface area contributed by atoms with Gasteiger partial charge in [-0.3, -0.25) is 4.79 Å². The number of nitrogens with one attached hydrogen (secondary N) is 1. The van der Waals surface area contributed by atoms with Gasteiger partial charge < -0.3 is 9.88 Å². The number of hydrogen-bond donors (Lipinski definition) is 1. The maximum Gasteiger partial charge on any atom is 0.263 e. The van der Waals surface area contributed by atoms with Gasteiger partial charge in [-0.1, -0.05) is 6.07 Å². The van der Waals surface area contributed by atoms with Crippen molar-refractivity contribution in [1.29, 1.82) is 0 Å². The summed E-state index contributed by atoms with van der Waals surface area (Å²) in [7, 11) is 0. The van der Waals surface area contributed by atoms with Crippen LogP contribution in [0.25, 0.3) is 11.5 Å². The first-order valence-corrected chi connectivity index (χ1v) is 9.27. The third-order valence-corrected chi connectivity index (χ3v) is 5.32. The summed E-state index contributed by atoms with van der Waals surface area (Å²) in [6.45, 7) is 3.40. The molecule has 128 valence electrons. The Labute approximate surface area is 150 Å². The minimum atomic E-state index is 0.122. The number of aromatic amines is 1. The molecule has 4 heterocycles. The van der Waals surface area contributed by atoms with Gasteiger partial charge in [0, 0.05) is 37.1 Å². The molecule has 1 fully saturated rings. The standard InChI is InChI=1S/C18H19N5OS/c1-12-21-14(10-15(22-12)17-19-6-7-20-17)13-4-2-8-23(11-13)18(24)16-5-3-9-25-16/h3,5-7,9-10,13H,2,4,8,11H2,1H3,(H,19,20). The van der Waals surface area contributed by atoms with E-state index in [1.807, 2.05) is 35.4 Å². The summed E-state index contributed by atoms with van der Waals surface area (Å²) in [6.07, 6.45) is 5.52. The Morgan fingerprint density at radius 3 is 3.08 bits per heavy atom. The first-order chi connectivity index (χ1) is 12.2. The van der Waals surface area contributed by atoms with E-state index < -0.39 is 0 Å². The fourth-order valence-corrected chi connectivity index (χ4v) is 3.98. The Hall–Kier alpha value is -2.54. The van der Waals surface area contributed by atoms with Gasteiger partial charge in [0.2, 0.25) is 0 Å². The number of amides is 1. The molecule has 3 aromatic rings. The molecular formula is C18H19N5OS. The fraction of sp³-hybridized carbons (Fsp3) is 0.333. The third kappa shape index (κ3) is 3.32. The van der Waals surface area contributed by atoms with E-state index in [2.05, 4.69) is 19.9 Å². The lowest BCUT2D eigenvalue weighted by atomic mass is 9.94. The van der Waals surface area contributed by atoms with Crippen LogP contribution in [0.1, 0.15) is 39.9 Å². The molecule has 0 aliphatic carbocycles. The number of carbonyl (C=O) groups excluding carboxylic acids is 1. The van der Waals surface area contributed by atoms with E-state index in [0.29, 0.717) is 6.54 Å². The third-order valence-electron chi connectivity index (χ3n) is 4.46. The number of H-pyrrole nitrogens is 1. The molecule has 0 spiro atoms. The van der Waals surface area contributed by atoms with Crippen LogP contribution >= 0.6 is 11.3 Å². The van der Waals surface area contributed by atoms with E-state index in [1.54, 1.807) is 12.4 Å². The minimum Gasteiger partial charge on any atom is -0.343 e. The van der Waals surface area contributed by atoms with E-state index in [1.165, 1.54) is 11.3 Å². The Morgan fingerprint density at radius 1 is 1.40 bits per heavy atom. The number of aryl methyl sites for hydroxylation is 1. The highest BCUT2D eigenvalue weighted by Crippen LogP contribution is 2.29. The fourth-order valence-electron chi connectivity index (χ4n) is 3.29. The zero-order valence-electron chi connectivity index (χ0n) is 14.0. The zero-order valence-corrected chi connectivity index (χ0v) is 14.8. The second-order valence-electron chi connectivity index (χ2n) is 6.23. The quantitative estimate of drug-likeness (QED) is 0.784. The molecule has 4 rings (SSSR count). The van der Waals surface area contributed by atoms with E-state index >= 15 is 0 Å². The molecule has 0 radical (unpaired) electrons. The molecule has 1 aliphatic rings. The Balaban J connectivity index is 1.58. The molecule has 1 saturated heterocycles. The molecular weight excluding hydrogens is 334 g/mol. The van der Waals surface area contributed by atoms with Gasteiger partial charge in [0.1, 0.15) is 11.5 Å². The lowest BCUT2D eigenvalue weighted by Gasteiger charge is -2.32. The highest BCUT2D eigenvalue weighted by molar-refractivity contribution is 7.12. The predicted octanol–water partition coefficient (Wildman–Crippen LogP) is 3.26. The van der Waals surface area contributed by atoms with Crippen molar-refractivity contribution in [2.24, 2.45) is 0 Å². The van der Waals surface area contributed by atoms with Gasteiger partial charge in [0.05, 0.1) is 4.88 Å². The molecule has 1 aliphatic heterocycles. The number of piperidine rings is 1. The van der Waals surface area contributed by atoms with Crippen molar-refractivity contribution >= 4 is 17.2 Å². The van der Waals surface area contributed by atoms with Crippen molar-refractivity contribution in [3.63, 3.8) is 0 Å². The van der Waals surface area contributed by atoms with Crippen LogP contribution in [0.2, 0.25) is 0 Å². The zero-order chi connectivity index (χ0) is 17.2. The van der Waals surface area contributed by atoms with Crippen molar-refractivity contribution in [2.45, 2.75) is 25.7 Å². The molecule has 0 saturated carbocycles. The Bertz CT molecular complexity index is 860. The van der Waals surface area contributed by atoms with Crippen molar-refractivity contribution in [3.05, 3.63) is 52.4 Å². The number of aromatic nitrogens is 4. The van der Waals surface area contributed by atoms with Crippen LogP contribution in [-0.4, -0.2) is 43.8 Å². The van der Waals surface area contributed by atoms with E-state index in [-0.39, 0.29) is 11.8 Å². The summed E-state index contributed by atoms with van der Waals surface area (Å²) in [6, 6.07) is 5.80. The first kappa shape index (κ1) is 16.0. The number of imidazole rings is 1. The van der Waals surface area contributed by atoms with Crippen molar-refractivity contribution in [2.75, 3.05) is 13.1 Å². The molecule has 0 bridgehead atoms.